The van der Waals surface area contributed by atoms with Crippen LogP contribution in [0.4, 0.5) is 4.79 Å². The van der Waals surface area contributed by atoms with E-state index in [0.717, 1.165) is 23.9 Å². The van der Waals surface area contributed by atoms with E-state index in [9.17, 15) is 4.79 Å². The maximum atomic E-state index is 12.3. The summed E-state index contributed by atoms with van der Waals surface area (Å²) in [6.45, 7) is 10.7. The molecule has 0 radical (unpaired) electrons. The lowest BCUT2D eigenvalue weighted by Gasteiger charge is -2.19. The van der Waals surface area contributed by atoms with E-state index in [-0.39, 0.29) is 6.09 Å². The Balaban J connectivity index is 2.35. The molecule has 0 fully saturated rings. The molecule has 1 N–H and O–H groups in total. The zero-order valence-electron chi connectivity index (χ0n) is 14.6. The predicted molar refractivity (Wildman–Crippen MR) is 95.5 cm³/mol. The Kier molecular flexibility index (Phi) is 5.14. The molecular weight excluding hydrogens is 288 g/mol. The van der Waals surface area contributed by atoms with Crippen molar-refractivity contribution >= 4 is 22.6 Å². The molecule has 23 heavy (non-hydrogen) atoms. The molecule has 0 unspecified atom stereocenters. The van der Waals surface area contributed by atoms with Crippen molar-refractivity contribution in [1.82, 2.24) is 9.88 Å². The second-order valence-electron chi connectivity index (χ2n) is 6.52. The molecule has 0 spiro atoms. The minimum Gasteiger partial charge on any atom is -0.443 e. The monoisotopic (exact) mass is 314 g/mol. The van der Waals surface area contributed by atoms with Crippen LogP contribution < -0.4 is 5.32 Å². The molecule has 0 saturated heterocycles. The summed E-state index contributed by atoms with van der Waals surface area (Å²) >= 11 is 0. The van der Waals surface area contributed by atoms with Crippen LogP contribution in [-0.2, 0) is 4.74 Å². The fourth-order valence-corrected chi connectivity index (χ4v) is 2.43. The topological polar surface area (TPSA) is 43.3 Å². The van der Waals surface area contributed by atoms with E-state index in [1.807, 2.05) is 32.9 Å². The van der Waals surface area contributed by atoms with Crippen LogP contribution in [0.5, 0.6) is 0 Å². The van der Waals surface area contributed by atoms with Gasteiger partial charge in [-0.25, -0.2) is 4.79 Å². The van der Waals surface area contributed by atoms with Gasteiger partial charge < -0.3 is 10.1 Å². The summed E-state index contributed by atoms with van der Waals surface area (Å²) in [5, 5.41) is 4.29. The molecule has 4 nitrogen and oxygen atoms in total. The van der Waals surface area contributed by atoms with E-state index in [2.05, 4.69) is 37.5 Å². The zero-order valence-corrected chi connectivity index (χ0v) is 14.6. The molecule has 0 saturated carbocycles. The third-order valence-electron chi connectivity index (χ3n) is 3.51. The maximum absolute atomic E-state index is 12.3. The van der Waals surface area contributed by atoms with Gasteiger partial charge in [-0.05, 0) is 63.5 Å². The van der Waals surface area contributed by atoms with Crippen LogP contribution in [0.1, 0.15) is 46.6 Å². The van der Waals surface area contributed by atoms with Gasteiger partial charge in [0, 0.05) is 24.3 Å². The molecule has 0 aliphatic heterocycles. The second-order valence-corrected chi connectivity index (χ2v) is 6.52. The third-order valence-corrected chi connectivity index (χ3v) is 3.51. The van der Waals surface area contributed by atoms with Crippen molar-refractivity contribution in [3.05, 3.63) is 42.2 Å². The lowest BCUT2D eigenvalue weighted by atomic mass is 10.0. The summed E-state index contributed by atoms with van der Waals surface area (Å²) in [6.07, 6.45) is 4.43. The Morgan fingerprint density at radius 1 is 1.26 bits per heavy atom. The SMILES string of the molecule is CCN/C=C(\CC)c1ccc2c(ccn2C(=O)OC(C)(C)C)c1. The third kappa shape index (κ3) is 4.15. The fraction of sp³-hybridized carbons (Fsp3) is 0.421. The van der Waals surface area contributed by atoms with Crippen LogP contribution in [0.15, 0.2) is 36.7 Å². The Morgan fingerprint density at radius 2 is 2.00 bits per heavy atom. The zero-order chi connectivity index (χ0) is 17.0. The average molecular weight is 314 g/mol. The molecule has 2 aromatic rings. The molecule has 2 rings (SSSR count). The largest absolute Gasteiger partial charge is 0.443 e. The number of nitrogens with one attached hydrogen (secondary N) is 1. The van der Waals surface area contributed by atoms with Crippen LogP contribution in [0.3, 0.4) is 0 Å². The standard InChI is InChI=1S/C19H26N2O2/c1-6-14(13-20-7-2)15-8-9-17-16(12-15)10-11-21(17)18(22)23-19(3,4)5/h8-13,20H,6-7H2,1-5H3/b14-13+. The first-order chi connectivity index (χ1) is 10.9. The molecule has 0 amide bonds. The number of ether oxygens (including phenoxy) is 1. The molecule has 1 heterocycles. The highest BCUT2D eigenvalue weighted by atomic mass is 16.6. The first-order valence-electron chi connectivity index (χ1n) is 8.13. The number of fused-ring (bicyclic) bond motifs is 1. The van der Waals surface area contributed by atoms with Crippen LogP contribution in [0.25, 0.3) is 16.5 Å². The number of aromatic nitrogens is 1. The Bertz CT molecular complexity index is 721. The van der Waals surface area contributed by atoms with Crippen molar-refractivity contribution < 1.29 is 9.53 Å². The predicted octanol–water partition coefficient (Wildman–Crippen LogP) is 4.78. The number of nitrogens with zero attached hydrogens (tertiary/aromatic N) is 1. The Labute approximate surface area is 138 Å². The van der Waals surface area contributed by atoms with Crippen molar-refractivity contribution in [2.45, 2.75) is 46.6 Å². The highest BCUT2D eigenvalue weighted by Crippen LogP contribution is 2.24. The lowest BCUT2D eigenvalue weighted by Crippen LogP contribution is -2.26. The van der Waals surface area contributed by atoms with Crippen molar-refractivity contribution in [2.24, 2.45) is 0 Å². The van der Waals surface area contributed by atoms with Gasteiger partial charge in [-0.3, -0.25) is 4.57 Å². The molecule has 0 bridgehead atoms. The van der Waals surface area contributed by atoms with Gasteiger partial charge in [0.25, 0.3) is 0 Å². The van der Waals surface area contributed by atoms with E-state index in [1.54, 1.807) is 10.8 Å². The van der Waals surface area contributed by atoms with Crippen LogP contribution in [0.2, 0.25) is 0 Å². The van der Waals surface area contributed by atoms with Crippen molar-refractivity contribution in [2.75, 3.05) is 6.54 Å². The minimum absolute atomic E-state index is 0.348. The van der Waals surface area contributed by atoms with Gasteiger partial charge in [0.15, 0.2) is 0 Å². The first kappa shape index (κ1) is 17.1. The van der Waals surface area contributed by atoms with Gasteiger partial charge in [0.2, 0.25) is 0 Å². The number of carbonyl (C=O) groups is 1. The number of benzene rings is 1. The van der Waals surface area contributed by atoms with E-state index in [1.165, 1.54) is 11.1 Å². The smallest absolute Gasteiger partial charge is 0.418 e. The summed E-state index contributed by atoms with van der Waals surface area (Å²) in [7, 11) is 0. The van der Waals surface area contributed by atoms with Gasteiger partial charge in [-0.15, -0.1) is 0 Å². The molecular formula is C19H26N2O2. The average Bonchev–Trinajstić information content (AvgIpc) is 2.89. The molecule has 1 aromatic carbocycles. The van der Waals surface area contributed by atoms with Gasteiger partial charge in [0.1, 0.15) is 5.60 Å². The van der Waals surface area contributed by atoms with Gasteiger partial charge in [-0.1, -0.05) is 13.0 Å². The Morgan fingerprint density at radius 3 is 2.61 bits per heavy atom. The van der Waals surface area contributed by atoms with E-state index in [4.69, 9.17) is 4.74 Å². The lowest BCUT2D eigenvalue weighted by molar-refractivity contribution is 0.0544. The van der Waals surface area contributed by atoms with Crippen LogP contribution in [0, 0.1) is 0 Å². The highest BCUT2D eigenvalue weighted by Gasteiger charge is 2.19. The summed E-state index contributed by atoms with van der Waals surface area (Å²) < 4.78 is 7.00. The molecule has 0 aliphatic carbocycles. The summed E-state index contributed by atoms with van der Waals surface area (Å²) in [5.74, 6) is 0. The van der Waals surface area contributed by atoms with Crippen molar-refractivity contribution in [1.29, 1.82) is 0 Å². The fourth-order valence-electron chi connectivity index (χ4n) is 2.43. The summed E-state index contributed by atoms with van der Waals surface area (Å²) in [5.41, 5.74) is 2.78. The van der Waals surface area contributed by atoms with Gasteiger partial charge >= 0.3 is 6.09 Å². The van der Waals surface area contributed by atoms with Crippen molar-refractivity contribution in [3.8, 4) is 0 Å². The number of carbonyl (C=O) groups excluding carboxylic acids is 1. The Hall–Kier alpha value is -2.23. The summed E-state index contributed by atoms with van der Waals surface area (Å²) in [4.78, 5) is 12.3. The van der Waals surface area contributed by atoms with Crippen molar-refractivity contribution in [3.63, 3.8) is 0 Å². The maximum Gasteiger partial charge on any atom is 0.418 e. The van der Waals surface area contributed by atoms with Crippen LogP contribution >= 0.6 is 0 Å². The molecule has 4 heteroatoms. The van der Waals surface area contributed by atoms with Gasteiger partial charge in [-0.2, -0.15) is 0 Å². The first-order valence-corrected chi connectivity index (χ1v) is 8.13. The van der Waals surface area contributed by atoms with E-state index < -0.39 is 5.60 Å². The van der Waals surface area contributed by atoms with E-state index >= 15 is 0 Å². The quantitative estimate of drug-likeness (QED) is 0.882. The summed E-state index contributed by atoms with van der Waals surface area (Å²) in [6, 6.07) is 8.09. The van der Waals surface area contributed by atoms with Crippen LogP contribution in [-0.4, -0.2) is 22.8 Å². The minimum atomic E-state index is -0.502. The number of rotatable bonds is 4. The second kappa shape index (κ2) is 6.90. The molecule has 0 atom stereocenters. The van der Waals surface area contributed by atoms with Gasteiger partial charge in [0.05, 0.1) is 5.52 Å². The number of allylic oxidation sites excluding steroid dienone is 1. The normalized spacial score (nSPS) is 12.5. The molecule has 124 valence electrons. The molecule has 1 aromatic heterocycles. The van der Waals surface area contributed by atoms with E-state index in [0.29, 0.717) is 0 Å². The molecule has 0 aliphatic rings. The number of hydrogen-bond donors (Lipinski definition) is 1. The highest BCUT2D eigenvalue weighted by molar-refractivity contribution is 5.91. The number of hydrogen-bond acceptors (Lipinski definition) is 3.